The maximum Gasteiger partial charge on any atom is 0.264 e. The van der Waals surface area contributed by atoms with E-state index in [1.54, 1.807) is 24.3 Å². The fourth-order valence-electron chi connectivity index (χ4n) is 5.13. The van der Waals surface area contributed by atoms with Crippen LogP contribution in [0.3, 0.4) is 0 Å². The van der Waals surface area contributed by atoms with E-state index in [0.717, 1.165) is 33.0 Å². The maximum atomic E-state index is 14.6. The molecule has 0 fully saturated rings. The van der Waals surface area contributed by atoms with Crippen molar-refractivity contribution < 1.29 is 22.7 Å². The van der Waals surface area contributed by atoms with Gasteiger partial charge in [-0.1, -0.05) is 79.2 Å². The highest BCUT2D eigenvalue weighted by Crippen LogP contribution is 2.27. The number of benzene rings is 4. The summed E-state index contributed by atoms with van der Waals surface area (Å²) in [4.78, 5) is 29.9. The first-order chi connectivity index (χ1) is 22.1. The minimum absolute atomic E-state index is 0.0244. The van der Waals surface area contributed by atoms with E-state index >= 15 is 0 Å². The molecule has 0 aliphatic carbocycles. The van der Waals surface area contributed by atoms with Gasteiger partial charge < -0.3 is 15.0 Å². The first kappa shape index (κ1) is 34.2. The number of nitrogens with zero attached hydrogens (tertiary/aromatic N) is 2. The van der Waals surface area contributed by atoms with Gasteiger partial charge in [0.25, 0.3) is 10.0 Å². The largest absolute Gasteiger partial charge is 0.494 e. The zero-order valence-electron chi connectivity index (χ0n) is 27.0. The van der Waals surface area contributed by atoms with Crippen molar-refractivity contribution in [2.75, 3.05) is 24.0 Å². The summed E-state index contributed by atoms with van der Waals surface area (Å²) in [6, 6.07) is 29.5. The van der Waals surface area contributed by atoms with Gasteiger partial charge in [-0.05, 0) is 80.3 Å². The number of carbonyl (C=O) groups excluding carboxylic acids is 2. The summed E-state index contributed by atoms with van der Waals surface area (Å²) in [6.07, 6.45) is 1.00. The summed E-state index contributed by atoms with van der Waals surface area (Å²) in [5, 5.41) is 2.97. The quantitative estimate of drug-likeness (QED) is 0.170. The summed E-state index contributed by atoms with van der Waals surface area (Å²) < 4.78 is 35.1. The fourth-order valence-corrected chi connectivity index (χ4v) is 6.55. The van der Waals surface area contributed by atoms with Crippen molar-refractivity contribution in [1.82, 2.24) is 10.2 Å². The van der Waals surface area contributed by atoms with Crippen molar-refractivity contribution >= 4 is 27.5 Å². The third-order valence-corrected chi connectivity index (χ3v) is 9.53. The van der Waals surface area contributed by atoms with E-state index in [4.69, 9.17) is 4.74 Å². The number of rotatable bonds is 15. The number of anilines is 1. The van der Waals surface area contributed by atoms with Crippen molar-refractivity contribution in [3.05, 3.63) is 125 Å². The molecule has 0 saturated carbocycles. The van der Waals surface area contributed by atoms with Gasteiger partial charge in [-0.2, -0.15) is 0 Å². The molecule has 4 aromatic rings. The normalized spacial score (nSPS) is 11.8. The molecular weight excluding hydrogens is 598 g/mol. The predicted molar refractivity (Wildman–Crippen MR) is 182 cm³/mol. The van der Waals surface area contributed by atoms with Gasteiger partial charge in [-0.15, -0.1) is 0 Å². The summed E-state index contributed by atoms with van der Waals surface area (Å²) in [7, 11) is -4.20. The number of ether oxygens (including phenoxy) is 1. The predicted octanol–water partition coefficient (Wildman–Crippen LogP) is 6.06. The van der Waals surface area contributed by atoms with Crippen LogP contribution in [0.5, 0.6) is 5.75 Å². The van der Waals surface area contributed by atoms with Crippen molar-refractivity contribution in [3.63, 3.8) is 0 Å². The van der Waals surface area contributed by atoms with Gasteiger partial charge in [0.15, 0.2) is 0 Å². The molecule has 0 aliphatic heterocycles. The molecule has 4 rings (SSSR count). The monoisotopic (exact) mass is 641 g/mol. The zero-order valence-corrected chi connectivity index (χ0v) is 27.8. The smallest absolute Gasteiger partial charge is 0.264 e. The zero-order chi connectivity index (χ0) is 33.1. The molecule has 0 aromatic heterocycles. The van der Waals surface area contributed by atoms with Crippen LogP contribution in [0.25, 0.3) is 0 Å². The Morgan fingerprint density at radius 1 is 0.826 bits per heavy atom. The van der Waals surface area contributed by atoms with Crippen LogP contribution in [-0.4, -0.2) is 50.9 Å². The molecule has 1 N–H and O–H groups in total. The molecule has 0 saturated heterocycles. The van der Waals surface area contributed by atoms with E-state index in [2.05, 4.69) is 5.32 Å². The SMILES string of the molecule is CCCNC(=O)[C@H](Cc1ccccc1)N(Cc1ccccc1C)C(=O)CN(c1ccc(C)cc1)S(=O)(=O)c1ccc(OCC)cc1. The number of sulfonamides is 1. The first-order valence-corrected chi connectivity index (χ1v) is 17.1. The lowest BCUT2D eigenvalue weighted by Gasteiger charge is -2.34. The van der Waals surface area contributed by atoms with E-state index in [0.29, 0.717) is 24.6 Å². The van der Waals surface area contributed by atoms with Crippen molar-refractivity contribution in [1.29, 1.82) is 0 Å². The van der Waals surface area contributed by atoms with Crippen molar-refractivity contribution in [2.24, 2.45) is 0 Å². The van der Waals surface area contributed by atoms with Crippen LogP contribution in [0.4, 0.5) is 5.69 Å². The van der Waals surface area contributed by atoms with Gasteiger partial charge in [-0.25, -0.2) is 8.42 Å². The Morgan fingerprint density at radius 3 is 2.11 bits per heavy atom. The summed E-state index contributed by atoms with van der Waals surface area (Å²) >= 11 is 0. The minimum Gasteiger partial charge on any atom is -0.494 e. The molecule has 0 radical (unpaired) electrons. The molecule has 0 bridgehead atoms. The van der Waals surface area contributed by atoms with E-state index in [1.807, 2.05) is 94.4 Å². The van der Waals surface area contributed by atoms with Gasteiger partial charge >= 0.3 is 0 Å². The first-order valence-electron chi connectivity index (χ1n) is 15.6. The molecule has 4 aromatic carbocycles. The fraction of sp³-hybridized carbons (Fsp3) is 0.297. The summed E-state index contributed by atoms with van der Waals surface area (Å²) in [6.45, 7) is 8.22. The van der Waals surface area contributed by atoms with Crippen LogP contribution in [-0.2, 0) is 32.6 Å². The maximum absolute atomic E-state index is 14.6. The van der Waals surface area contributed by atoms with Gasteiger partial charge in [0, 0.05) is 19.5 Å². The van der Waals surface area contributed by atoms with Gasteiger partial charge in [-0.3, -0.25) is 13.9 Å². The highest BCUT2D eigenvalue weighted by molar-refractivity contribution is 7.92. The summed E-state index contributed by atoms with van der Waals surface area (Å²) in [5.74, 6) is -0.236. The Hall–Kier alpha value is -4.63. The third kappa shape index (κ3) is 8.75. The van der Waals surface area contributed by atoms with Crippen LogP contribution in [0, 0.1) is 13.8 Å². The van der Waals surface area contributed by atoms with E-state index < -0.39 is 28.5 Å². The number of hydrogen-bond donors (Lipinski definition) is 1. The molecule has 1 atom stereocenters. The van der Waals surface area contributed by atoms with Crippen LogP contribution in [0.2, 0.25) is 0 Å². The van der Waals surface area contributed by atoms with Crippen molar-refractivity contribution in [3.8, 4) is 5.75 Å². The standard InChI is InChI=1S/C37H43N3O5S/c1-5-24-38-37(42)35(25-30-13-8-7-9-14-30)39(26-31-15-11-10-12-29(31)4)36(41)27-40(32-18-16-28(3)17-19-32)46(43,44)34-22-20-33(21-23-34)45-6-2/h7-23,35H,5-6,24-27H2,1-4H3,(H,38,42)/t35-/m0/s1. The van der Waals surface area contributed by atoms with Crippen LogP contribution < -0.4 is 14.4 Å². The van der Waals surface area contributed by atoms with Gasteiger partial charge in [0.05, 0.1) is 17.2 Å². The number of nitrogens with one attached hydrogen (secondary N) is 1. The molecule has 2 amide bonds. The molecular formula is C37H43N3O5S. The Kier molecular flexibility index (Phi) is 12.0. The second kappa shape index (κ2) is 16.1. The number of aryl methyl sites for hydroxylation is 2. The molecule has 0 spiro atoms. The van der Waals surface area contributed by atoms with Crippen LogP contribution in [0.15, 0.2) is 108 Å². The second-order valence-electron chi connectivity index (χ2n) is 11.2. The third-order valence-electron chi connectivity index (χ3n) is 7.75. The molecule has 0 heterocycles. The van der Waals surface area contributed by atoms with Crippen molar-refractivity contribution in [2.45, 2.75) is 58.0 Å². The number of amides is 2. The average Bonchev–Trinajstić information content (AvgIpc) is 3.06. The lowest BCUT2D eigenvalue weighted by molar-refractivity contribution is -0.140. The summed E-state index contributed by atoms with van der Waals surface area (Å²) in [5.41, 5.74) is 4.02. The Bertz CT molecular complexity index is 1690. The lowest BCUT2D eigenvalue weighted by atomic mass is 10.0. The van der Waals surface area contributed by atoms with Crippen LogP contribution in [0.1, 0.15) is 42.5 Å². The Labute approximate surface area is 273 Å². The number of hydrogen-bond acceptors (Lipinski definition) is 5. The van der Waals surface area contributed by atoms with Gasteiger partial charge in [0.1, 0.15) is 18.3 Å². The molecule has 46 heavy (non-hydrogen) atoms. The molecule has 8 nitrogen and oxygen atoms in total. The molecule has 242 valence electrons. The van der Waals surface area contributed by atoms with Crippen LogP contribution >= 0.6 is 0 Å². The highest BCUT2D eigenvalue weighted by Gasteiger charge is 2.34. The second-order valence-corrected chi connectivity index (χ2v) is 13.1. The molecule has 0 aliphatic rings. The van der Waals surface area contributed by atoms with E-state index in [9.17, 15) is 18.0 Å². The average molecular weight is 642 g/mol. The van der Waals surface area contributed by atoms with Gasteiger partial charge in [0.2, 0.25) is 11.8 Å². The molecule has 9 heteroatoms. The minimum atomic E-state index is -4.20. The lowest BCUT2D eigenvalue weighted by Crippen LogP contribution is -2.53. The van der Waals surface area contributed by atoms with E-state index in [-0.39, 0.29) is 23.8 Å². The Balaban J connectivity index is 1.79. The highest BCUT2D eigenvalue weighted by atomic mass is 32.2. The topological polar surface area (TPSA) is 96.0 Å². The Morgan fingerprint density at radius 2 is 1.48 bits per heavy atom. The van der Waals surface area contributed by atoms with E-state index in [1.165, 1.54) is 17.0 Å². The molecule has 0 unspecified atom stereocenters. The number of carbonyl (C=O) groups is 2.